The minimum absolute atomic E-state index is 0.0836. The monoisotopic (exact) mass is 459 g/mol. The summed E-state index contributed by atoms with van der Waals surface area (Å²) in [6.07, 6.45) is 3.33. The van der Waals surface area contributed by atoms with E-state index in [1.807, 2.05) is 35.6 Å². The van der Waals surface area contributed by atoms with Gasteiger partial charge in [0.25, 0.3) is 0 Å². The number of aryl methyl sites for hydroxylation is 1. The molecule has 33 heavy (non-hydrogen) atoms. The molecule has 4 heterocycles. The first-order valence-corrected chi connectivity index (χ1v) is 12.8. The maximum Gasteiger partial charge on any atom is 0.248 e. The van der Waals surface area contributed by atoms with Crippen molar-refractivity contribution in [2.45, 2.75) is 32.2 Å². The van der Waals surface area contributed by atoms with Crippen molar-refractivity contribution in [3.05, 3.63) is 69.3 Å². The first kappa shape index (κ1) is 20.8. The molecule has 6 rings (SSSR count). The average Bonchev–Trinajstić information content (AvgIpc) is 3.25. The van der Waals surface area contributed by atoms with E-state index in [4.69, 9.17) is 4.74 Å². The average molecular weight is 460 g/mol. The largest absolute Gasteiger partial charge is 0.494 e. The molecule has 0 aliphatic carbocycles. The van der Waals surface area contributed by atoms with Gasteiger partial charge in [-0.3, -0.25) is 9.69 Å². The summed E-state index contributed by atoms with van der Waals surface area (Å²) < 4.78 is 7.43. The molecule has 2 aliphatic heterocycles. The second-order valence-corrected chi connectivity index (χ2v) is 10.2. The Kier molecular flexibility index (Phi) is 5.35. The minimum atomic E-state index is -0.0836. The normalized spacial score (nSPS) is 18.1. The topological polar surface area (TPSA) is 48.6 Å². The van der Waals surface area contributed by atoms with Crippen molar-refractivity contribution in [3.8, 4) is 5.75 Å². The number of aromatic nitrogens is 1. The number of anilines is 1. The van der Waals surface area contributed by atoms with E-state index in [9.17, 15) is 4.79 Å². The van der Waals surface area contributed by atoms with E-state index in [0.717, 1.165) is 55.7 Å². The van der Waals surface area contributed by atoms with Crippen LogP contribution in [0.4, 0.5) is 5.69 Å². The summed E-state index contributed by atoms with van der Waals surface area (Å²) in [5, 5.41) is 4.92. The lowest BCUT2D eigenvalue weighted by atomic mass is 9.93. The third kappa shape index (κ3) is 3.91. The SMILES string of the molecule is Cc1ccc2c3c(csc13)CC1CN(CCCCOc3ccc4ccc(=O)[nH]c4c3)CCN21. The Morgan fingerprint density at radius 1 is 1.12 bits per heavy atom. The molecule has 2 aromatic carbocycles. The zero-order valence-corrected chi connectivity index (χ0v) is 19.8. The van der Waals surface area contributed by atoms with Gasteiger partial charge >= 0.3 is 0 Å². The molecule has 1 unspecified atom stereocenters. The van der Waals surface area contributed by atoms with E-state index in [0.29, 0.717) is 12.6 Å². The lowest BCUT2D eigenvalue weighted by Gasteiger charge is -2.45. The van der Waals surface area contributed by atoms with E-state index in [-0.39, 0.29) is 5.56 Å². The second kappa shape index (κ2) is 8.50. The van der Waals surface area contributed by atoms with Gasteiger partial charge < -0.3 is 14.6 Å². The lowest BCUT2D eigenvalue weighted by molar-refractivity contribution is 0.209. The number of pyridine rings is 1. The third-order valence-electron chi connectivity index (χ3n) is 7.14. The maximum atomic E-state index is 11.5. The number of ether oxygens (including phenoxy) is 1. The van der Waals surface area contributed by atoms with Crippen LogP contribution in [-0.4, -0.2) is 48.7 Å². The van der Waals surface area contributed by atoms with Crippen LogP contribution in [0.3, 0.4) is 0 Å². The van der Waals surface area contributed by atoms with E-state index in [1.54, 1.807) is 11.6 Å². The van der Waals surface area contributed by atoms with Crippen molar-refractivity contribution in [2.75, 3.05) is 37.7 Å². The van der Waals surface area contributed by atoms with Crippen LogP contribution in [-0.2, 0) is 6.42 Å². The molecule has 0 amide bonds. The van der Waals surface area contributed by atoms with E-state index >= 15 is 0 Å². The lowest BCUT2D eigenvalue weighted by Crippen LogP contribution is -2.55. The first-order valence-electron chi connectivity index (χ1n) is 11.9. The number of piperazine rings is 1. The second-order valence-electron chi connectivity index (χ2n) is 9.35. The highest BCUT2D eigenvalue weighted by atomic mass is 32.1. The molecule has 2 aromatic heterocycles. The van der Waals surface area contributed by atoms with Gasteiger partial charge in [-0.1, -0.05) is 6.07 Å². The Labute approximate surface area is 197 Å². The number of unbranched alkanes of at least 4 members (excludes halogenated alkanes) is 1. The van der Waals surface area contributed by atoms with Crippen molar-refractivity contribution in [1.82, 2.24) is 9.88 Å². The van der Waals surface area contributed by atoms with Crippen molar-refractivity contribution >= 4 is 38.0 Å². The summed E-state index contributed by atoms with van der Waals surface area (Å²) in [4.78, 5) is 19.7. The zero-order chi connectivity index (χ0) is 22.4. The predicted molar refractivity (Wildman–Crippen MR) is 137 cm³/mol. The van der Waals surface area contributed by atoms with Gasteiger partial charge in [0.1, 0.15) is 5.75 Å². The molecule has 0 saturated carbocycles. The fourth-order valence-corrected chi connectivity index (χ4v) is 6.51. The number of fused-ring (bicyclic) bond motifs is 3. The highest BCUT2D eigenvalue weighted by Gasteiger charge is 2.33. The fourth-order valence-electron chi connectivity index (χ4n) is 5.43. The number of hydrogen-bond donors (Lipinski definition) is 1. The Balaban J connectivity index is 1.01. The highest BCUT2D eigenvalue weighted by Crippen LogP contribution is 2.42. The summed E-state index contributed by atoms with van der Waals surface area (Å²) in [7, 11) is 0. The van der Waals surface area contributed by atoms with Gasteiger partial charge in [-0.25, -0.2) is 0 Å². The Morgan fingerprint density at radius 3 is 2.97 bits per heavy atom. The van der Waals surface area contributed by atoms with E-state index in [1.165, 1.54) is 27.8 Å². The van der Waals surface area contributed by atoms with Crippen molar-refractivity contribution in [3.63, 3.8) is 0 Å². The van der Waals surface area contributed by atoms with Gasteiger partial charge in [-0.05, 0) is 78.9 Å². The van der Waals surface area contributed by atoms with Gasteiger partial charge in [0.2, 0.25) is 5.56 Å². The number of nitrogens with zero attached hydrogens (tertiary/aromatic N) is 2. The van der Waals surface area contributed by atoms with Crippen LogP contribution < -0.4 is 15.2 Å². The summed E-state index contributed by atoms with van der Waals surface area (Å²) in [5.41, 5.74) is 5.14. The smallest absolute Gasteiger partial charge is 0.248 e. The molecule has 4 aromatic rings. The standard InChI is InChI=1S/C27H29N3O2S/c1-18-4-8-24-26-20(17-33-27(18)26)14-21-16-29(11-12-30(21)24)10-2-3-13-32-22-7-5-19-6-9-25(31)28-23(19)15-22/h4-9,15,17,21H,2-3,10-14,16H2,1H3,(H,28,31). The van der Waals surface area contributed by atoms with Crippen molar-refractivity contribution < 1.29 is 4.74 Å². The summed E-state index contributed by atoms with van der Waals surface area (Å²) in [6, 6.07) is 14.5. The number of benzene rings is 2. The number of H-pyrrole nitrogens is 1. The van der Waals surface area contributed by atoms with Gasteiger partial charge in [0.15, 0.2) is 0 Å². The van der Waals surface area contributed by atoms with Crippen molar-refractivity contribution in [2.24, 2.45) is 0 Å². The number of thiophene rings is 1. The molecule has 2 aliphatic rings. The van der Waals surface area contributed by atoms with Crippen LogP contribution in [0.5, 0.6) is 5.75 Å². The fraction of sp³-hybridized carbons (Fsp3) is 0.370. The Hall–Kier alpha value is -2.83. The van der Waals surface area contributed by atoms with Crippen LogP contribution in [0.15, 0.2) is 52.6 Å². The van der Waals surface area contributed by atoms with Gasteiger partial charge in [0.05, 0.1) is 12.1 Å². The molecule has 170 valence electrons. The van der Waals surface area contributed by atoms with Crippen LogP contribution in [0.2, 0.25) is 0 Å². The van der Waals surface area contributed by atoms with Crippen LogP contribution in [0, 0.1) is 6.92 Å². The molecule has 5 nitrogen and oxygen atoms in total. The Morgan fingerprint density at radius 2 is 2.03 bits per heavy atom. The zero-order valence-electron chi connectivity index (χ0n) is 19.0. The van der Waals surface area contributed by atoms with E-state index in [2.05, 4.69) is 39.2 Å². The van der Waals surface area contributed by atoms with Gasteiger partial charge in [-0.2, -0.15) is 0 Å². The third-order valence-corrected chi connectivity index (χ3v) is 8.30. The molecule has 6 heteroatoms. The molecular weight excluding hydrogens is 430 g/mol. The Bertz CT molecular complexity index is 1380. The first-order chi connectivity index (χ1) is 16.2. The number of hydrogen-bond acceptors (Lipinski definition) is 5. The number of rotatable bonds is 6. The molecule has 1 atom stereocenters. The van der Waals surface area contributed by atoms with Crippen molar-refractivity contribution in [1.29, 1.82) is 0 Å². The minimum Gasteiger partial charge on any atom is -0.494 e. The molecular formula is C27H29N3O2S. The summed E-state index contributed by atoms with van der Waals surface area (Å²) in [5.74, 6) is 0.816. The quantitative estimate of drug-likeness (QED) is 0.414. The highest BCUT2D eigenvalue weighted by molar-refractivity contribution is 7.17. The van der Waals surface area contributed by atoms with Crippen LogP contribution >= 0.6 is 11.3 Å². The molecule has 0 radical (unpaired) electrons. The van der Waals surface area contributed by atoms with E-state index < -0.39 is 0 Å². The molecule has 1 N–H and O–H groups in total. The number of aromatic amines is 1. The molecule has 1 saturated heterocycles. The van der Waals surface area contributed by atoms with Crippen LogP contribution in [0.1, 0.15) is 24.0 Å². The maximum absolute atomic E-state index is 11.5. The molecule has 1 fully saturated rings. The summed E-state index contributed by atoms with van der Waals surface area (Å²) >= 11 is 1.91. The number of nitrogens with one attached hydrogen (secondary N) is 1. The van der Waals surface area contributed by atoms with Crippen LogP contribution in [0.25, 0.3) is 21.0 Å². The van der Waals surface area contributed by atoms with Gasteiger partial charge in [0, 0.05) is 53.6 Å². The van der Waals surface area contributed by atoms with Gasteiger partial charge in [-0.15, -0.1) is 11.3 Å². The summed E-state index contributed by atoms with van der Waals surface area (Å²) in [6.45, 7) is 7.44. The molecule has 0 bridgehead atoms. The predicted octanol–water partition coefficient (Wildman–Crippen LogP) is 4.96. The molecule has 0 spiro atoms.